The first-order valence-corrected chi connectivity index (χ1v) is 6.47. The first kappa shape index (κ1) is 14.6. The van der Waals surface area contributed by atoms with Crippen molar-refractivity contribution in [1.29, 1.82) is 0 Å². The Balaban J connectivity index is 2.11. The van der Waals surface area contributed by atoms with E-state index in [1.807, 2.05) is 0 Å². The fourth-order valence-corrected chi connectivity index (χ4v) is 2.23. The zero-order chi connectivity index (χ0) is 14.8. The standard InChI is InChI=1S/C13H15F3N2O2/c14-13(15,16)11-8-10(18(19)20)4-5-12(11)17-7-6-9-2-1-3-9/h4-5,8-9,17H,1-3,6-7H2. The minimum atomic E-state index is -4.61. The minimum absolute atomic E-state index is 0.0950. The normalized spacial score (nSPS) is 15.8. The van der Waals surface area contributed by atoms with Crippen molar-refractivity contribution in [3.8, 4) is 0 Å². The third-order valence-electron chi connectivity index (χ3n) is 3.61. The van der Waals surface area contributed by atoms with Gasteiger partial charge in [-0.3, -0.25) is 10.1 Å². The molecule has 0 atom stereocenters. The molecule has 1 aromatic rings. The van der Waals surface area contributed by atoms with E-state index in [2.05, 4.69) is 5.32 Å². The van der Waals surface area contributed by atoms with E-state index in [4.69, 9.17) is 0 Å². The third kappa shape index (κ3) is 3.40. The highest BCUT2D eigenvalue weighted by molar-refractivity contribution is 5.57. The van der Waals surface area contributed by atoms with Crippen LogP contribution in [-0.2, 0) is 6.18 Å². The van der Waals surface area contributed by atoms with Gasteiger partial charge in [0.25, 0.3) is 5.69 Å². The molecule has 0 aromatic heterocycles. The highest BCUT2D eigenvalue weighted by atomic mass is 19.4. The summed E-state index contributed by atoms with van der Waals surface area (Å²) in [5.41, 5.74) is -1.63. The average molecular weight is 288 g/mol. The lowest BCUT2D eigenvalue weighted by atomic mass is 9.83. The van der Waals surface area contributed by atoms with Crippen molar-refractivity contribution in [2.45, 2.75) is 31.9 Å². The summed E-state index contributed by atoms with van der Waals surface area (Å²) in [6.07, 6.45) is -0.322. The van der Waals surface area contributed by atoms with Crippen LogP contribution in [0.15, 0.2) is 18.2 Å². The number of hydrogen-bond acceptors (Lipinski definition) is 3. The topological polar surface area (TPSA) is 55.2 Å². The van der Waals surface area contributed by atoms with Crippen LogP contribution in [0.1, 0.15) is 31.2 Å². The zero-order valence-corrected chi connectivity index (χ0v) is 10.7. The van der Waals surface area contributed by atoms with Crippen molar-refractivity contribution in [3.05, 3.63) is 33.9 Å². The number of halogens is 3. The molecule has 2 rings (SSSR count). The number of nitrogens with one attached hydrogen (secondary N) is 1. The second-order valence-corrected chi connectivity index (χ2v) is 5.00. The molecule has 1 saturated carbocycles. The molecule has 0 unspecified atom stereocenters. The number of nitrogens with zero attached hydrogens (tertiary/aromatic N) is 1. The lowest BCUT2D eigenvalue weighted by Crippen LogP contribution is -2.17. The van der Waals surface area contributed by atoms with E-state index < -0.39 is 22.4 Å². The van der Waals surface area contributed by atoms with Crippen LogP contribution in [0.3, 0.4) is 0 Å². The number of alkyl halides is 3. The van der Waals surface area contributed by atoms with Crippen molar-refractivity contribution in [3.63, 3.8) is 0 Å². The molecule has 1 aliphatic rings. The zero-order valence-electron chi connectivity index (χ0n) is 10.7. The van der Waals surface area contributed by atoms with Gasteiger partial charge in [0.1, 0.15) is 0 Å². The van der Waals surface area contributed by atoms with Crippen molar-refractivity contribution < 1.29 is 18.1 Å². The van der Waals surface area contributed by atoms with E-state index in [0.29, 0.717) is 18.5 Å². The molecule has 0 amide bonds. The predicted octanol–water partition coefficient (Wildman–Crippen LogP) is 4.22. The summed E-state index contributed by atoms with van der Waals surface area (Å²) in [7, 11) is 0. The van der Waals surface area contributed by atoms with E-state index in [-0.39, 0.29) is 5.69 Å². The molecule has 4 nitrogen and oxygen atoms in total. The van der Waals surface area contributed by atoms with Crippen LogP contribution in [0, 0.1) is 16.0 Å². The molecule has 7 heteroatoms. The minimum Gasteiger partial charge on any atom is -0.385 e. The van der Waals surface area contributed by atoms with Gasteiger partial charge in [-0.25, -0.2) is 0 Å². The Morgan fingerprint density at radius 3 is 2.55 bits per heavy atom. The lowest BCUT2D eigenvalue weighted by molar-refractivity contribution is -0.385. The van der Waals surface area contributed by atoms with Gasteiger partial charge in [0.2, 0.25) is 0 Å². The monoisotopic (exact) mass is 288 g/mol. The third-order valence-corrected chi connectivity index (χ3v) is 3.61. The molecule has 1 aromatic carbocycles. The summed E-state index contributed by atoms with van der Waals surface area (Å²) >= 11 is 0. The molecule has 1 N–H and O–H groups in total. The van der Waals surface area contributed by atoms with E-state index in [9.17, 15) is 23.3 Å². The van der Waals surface area contributed by atoms with Crippen molar-refractivity contribution >= 4 is 11.4 Å². The molecule has 0 radical (unpaired) electrons. The van der Waals surface area contributed by atoms with Gasteiger partial charge in [-0.15, -0.1) is 0 Å². The van der Waals surface area contributed by atoms with Gasteiger partial charge in [0.05, 0.1) is 10.5 Å². The smallest absolute Gasteiger partial charge is 0.385 e. The Hall–Kier alpha value is -1.79. The summed E-state index contributed by atoms with van der Waals surface area (Å²) in [6, 6.07) is 2.79. The van der Waals surface area contributed by atoms with E-state index in [1.165, 1.54) is 6.42 Å². The fraction of sp³-hybridized carbons (Fsp3) is 0.538. The van der Waals surface area contributed by atoms with Gasteiger partial charge < -0.3 is 5.32 Å². The average Bonchev–Trinajstić information content (AvgIpc) is 2.31. The number of anilines is 1. The molecule has 1 fully saturated rings. The molecule has 0 saturated heterocycles. The van der Waals surface area contributed by atoms with E-state index in [0.717, 1.165) is 31.4 Å². The van der Waals surface area contributed by atoms with E-state index in [1.54, 1.807) is 0 Å². The van der Waals surface area contributed by atoms with Crippen molar-refractivity contribution in [2.24, 2.45) is 5.92 Å². The largest absolute Gasteiger partial charge is 0.418 e. The summed E-state index contributed by atoms with van der Waals surface area (Å²) in [6.45, 7) is 0.450. The van der Waals surface area contributed by atoms with Crippen LogP contribution in [0.4, 0.5) is 24.5 Å². The predicted molar refractivity (Wildman–Crippen MR) is 68.5 cm³/mol. The SMILES string of the molecule is O=[N+]([O-])c1ccc(NCCC2CCC2)c(C(F)(F)F)c1. The van der Waals surface area contributed by atoms with Crippen LogP contribution in [0.5, 0.6) is 0 Å². The summed E-state index contributed by atoms with van der Waals surface area (Å²) in [5.74, 6) is 0.592. The molecule has 110 valence electrons. The highest BCUT2D eigenvalue weighted by Crippen LogP contribution is 2.37. The molecule has 20 heavy (non-hydrogen) atoms. The Kier molecular flexibility index (Phi) is 4.15. The van der Waals surface area contributed by atoms with Gasteiger partial charge in [0, 0.05) is 24.4 Å². The van der Waals surface area contributed by atoms with Crippen LogP contribution in [0.25, 0.3) is 0 Å². The Labute approximate surface area is 114 Å². The number of non-ortho nitro benzene ring substituents is 1. The molecule has 0 aliphatic heterocycles. The molecule has 1 aliphatic carbocycles. The van der Waals surface area contributed by atoms with Crippen molar-refractivity contribution in [2.75, 3.05) is 11.9 Å². The summed E-state index contributed by atoms with van der Waals surface area (Å²) < 4.78 is 38.7. The van der Waals surface area contributed by atoms with Gasteiger partial charge >= 0.3 is 6.18 Å². The second-order valence-electron chi connectivity index (χ2n) is 5.00. The van der Waals surface area contributed by atoms with Gasteiger partial charge in [0.15, 0.2) is 0 Å². The van der Waals surface area contributed by atoms with Crippen LogP contribution < -0.4 is 5.32 Å². The number of rotatable bonds is 5. The maximum Gasteiger partial charge on any atom is 0.418 e. The summed E-state index contributed by atoms with van der Waals surface area (Å²) in [4.78, 5) is 9.73. The van der Waals surface area contributed by atoms with Gasteiger partial charge in [-0.1, -0.05) is 19.3 Å². The number of nitro benzene ring substituents is 1. The molecule has 0 bridgehead atoms. The van der Waals surface area contributed by atoms with Crippen LogP contribution in [0.2, 0.25) is 0 Å². The lowest BCUT2D eigenvalue weighted by Gasteiger charge is -2.25. The Morgan fingerprint density at radius 1 is 1.35 bits per heavy atom. The number of hydrogen-bond donors (Lipinski definition) is 1. The molecule has 0 spiro atoms. The van der Waals surface area contributed by atoms with Gasteiger partial charge in [-0.05, 0) is 18.4 Å². The first-order valence-electron chi connectivity index (χ1n) is 6.47. The Bertz CT molecular complexity index is 499. The molecule has 0 heterocycles. The number of nitro groups is 1. The maximum atomic E-state index is 12.9. The summed E-state index contributed by atoms with van der Waals surface area (Å²) in [5, 5.41) is 13.3. The van der Waals surface area contributed by atoms with Gasteiger partial charge in [-0.2, -0.15) is 13.2 Å². The Morgan fingerprint density at radius 2 is 2.05 bits per heavy atom. The highest BCUT2D eigenvalue weighted by Gasteiger charge is 2.35. The maximum absolute atomic E-state index is 12.9. The second kappa shape index (κ2) is 5.68. The fourth-order valence-electron chi connectivity index (χ4n) is 2.23. The molecular weight excluding hydrogens is 273 g/mol. The quantitative estimate of drug-likeness (QED) is 0.652. The first-order chi connectivity index (χ1) is 9.38. The number of benzene rings is 1. The molecular formula is C13H15F3N2O2. The van der Waals surface area contributed by atoms with Crippen LogP contribution in [-0.4, -0.2) is 11.5 Å². The van der Waals surface area contributed by atoms with Crippen molar-refractivity contribution in [1.82, 2.24) is 0 Å². The van der Waals surface area contributed by atoms with E-state index >= 15 is 0 Å². The van der Waals surface area contributed by atoms with Crippen LogP contribution >= 0.6 is 0 Å².